The third-order valence-corrected chi connectivity index (χ3v) is 1.94. The molecule has 0 unspecified atom stereocenters. The molecule has 0 bridgehead atoms. The topological polar surface area (TPSA) is 55.8 Å². The second-order valence-corrected chi connectivity index (χ2v) is 3.18. The van der Waals surface area contributed by atoms with Crippen molar-refractivity contribution in [3.05, 3.63) is 22.7 Å². The number of carbonyl (C=O) groups is 1. The Hall–Kier alpha value is -1.86. The number of benzene rings is 1. The van der Waals surface area contributed by atoms with Crippen LogP contribution in [0.25, 0.3) is 0 Å². The van der Waals surface area contributed by atoms with Crippen molar-refractivity contribution in [2.24, 2.45) is 0 Å². The molecule has 0 heterocycles. The zero-order valence-electron chi connectivity index (χ0n) is 8.70. The lowest BCUT2D eigenvalue weighted by Crippen LogP contribution is -2.02. The zero-order valence-corrected chi connectivity index (χ0v) is 9.46. The van der Waals surface area contributed by atoms with Gasteiger partial charge in [-0.05, 0) is 6.07 Å². The molecule has 0 atom stereocenters. The Morgan fingerprint density at radius 2 is 2.19 bits per heavy atom. The van der Waals surface area contributed by atoms with Gasteiger partial charge in [0, 0.05) is 18.0 Å². The molecule has 4 nitrogen and oxygen atoms in total. The predicted molar refractivity (Wildman–Crippen MR) is 59.0 cm³/mol. The lowest BCUT2D eigenvalue weighted by Gasteiger charge is -2.09. The minimum absolute atomic E-state index is 0.0668. The van der Waals surface area contributed by atoms with E-state index in [9.17, 15) is 4.79 Å². The summed E-state index contributed by atoms with van der Waals surface area (Å²) in [5.41, 5.74) is -0.0668. The van der Waals surface area contributed by atoms with Crippen molar-refractivity contribution >= 4 is 17.6 Å². The highest BCUT2D eigenvalue weighted by atomic mass is 35.5. The Balaban J connectivity index is 3.33. The lowest BCUT2D eigenvalue weighted by atomic mass is 10.2. The average molecular weight is 241 g/mol. The van der Waals surface area contributed by atoms with E-state index in [1.807, 2.05) is 0 Å². The summed E-state index contributed by atoms with van der Waals surface area (Å²) in [6.07, 6.45) is 2.35. The monoisotopic (exact) mass is 240 g/mol. The second kappa shape index (κ2) is 5.29. The summed E-state index contributed by atoms with van der Waals surface area (Å²) in [6, 6.07) is 2.73. The highest BCUT2D eigenvalue weighted by molar-refractivity contribution is 6.31. The van der Waals surface area contributed by atoms with Crippen LogP contribution < -0.4 is 9.47 Å². The molecule has 84 valence electrons. The highest BCUT2D eigenvalue weighted by Gasteiger charge is 2.17. The minimum atomic E-state index is -1.14. The van der Waals surface area contributed by atoms with Crippen LogP contribution in [0.5, 0.6) is 11.5 Å². The van der Waals surface area contributed by atoms with E-state index in [4.69, 9.17) is 26.2 Å². The zero-order chi connectivity index (χ0) is 12.1. The van der Waals surface area contributed by atoms with E-state index >= 15 is 0 Å². The molecule has 0 aromatic heterocycles. The molecule has 0 saturated carbocycles. The Bertz CT molecular complexity index is 471. The van der Waals surface area contributed by atoms with Crippen LogP contribution in [0, 0.1) is 12.0 Å². The predicted octanol–water partition coefficient (Wildman–Crippen LogP) is 2.41. The molecule has 1 aromatic rings. The van der Waals surface area contributed by atoms with Crippen LogP contribution in [-0.2, 0) is 0 Å². The van der Waals surface area contributed by atoms with Gasteiger partial charge in [-0.25, -0.2) is 4.79 Å². The molecular weight excluding hydrogens is 232 g/mol. The lowest BCUT2D eigenvalue weighted by molar-refractivity contribution is 0.0692. The molecule has 5 heteroatoms. The van der Waals surface area contributed by atoms with Crippen LogP contribution in [0.1, 0.15) is 17.3 Å². The molecule has 1 N–H and O–H groups in total. The number of methoxy groups -OCH3 is 1. The van der Waals surface area contributed by atoms with Crippen LogP contribution in [0.15, 0.2) is 12.1 Å². The summed E-state index contributed by atoms with van der Waals surface area (Å²) < 4.78 is 9.97. The molecule has 0 aliphatic rings. The molecule has 16 heavy (non-hydrogen) atoms. The standard InChI is InChI=1S/C11H9ClO4/c1-3-4-16-9-6-7(12)5-8(11(13)14)10(9)15-2/h5-6H,1-2H3,(H,13,14). The number of hydrogen-bond donors (Lipinski definition) is 1. The molecule has 0 saturated heterocycles. The van der Waals surface area contributed by atoms with Gasteiger partial charge in [0.2, 0.25) is 0 Å². The summed E-state index contributed by atoms with van der Waals surface area (Å²) >= 11 is 5.75. The molecule has 0 radical (unpaired) electrons. The summed E-state index contributed by atoms with van der Waals surface area (Å²) in [6.45, 7) is 1.59. The van der Waals surface area contributed by atoms with Crippen molar-refractivity contribution in [3.63, 3.8) is 0 Å². The van der Waals surface area contributed by atoms with Gasteiger partial charge in [0.05, 0.1) is 7.11 Å². The molecule has 0 aliphatic heterocycles. The highest BCUT2D eigenvalue weighted by Crippen LogP contribution is 2.34. The maximum absolute atomic E-state index is 10.9. The Kier molecular flexibility index (Phi) is 4.03. The number of carboxylic acid groups (broad SMARTS) is 1. The van der Waals surface area contributed by atoms with E-state index in [1.54, 1.807) is 6.92 Å². The smallest absolute Gasteiger partial charge is 0.339 e. The maximum atomic E-state index is 10.9. The maximum Gasteiger partial charge on any atom is 0.339 e. The first kappa shape index (κ1) is 12.2. The summed E-state index contributed by atoms with van der Waals surface area (Å²) in [5, 5.41) is 9.18. The van der Waals surface area contributed by atoms with Crippen molar-refractivity contribution < 1.29 is 19.4 Å². The fourth-order valence-corrected chi connectivity index (χ4v) is 1.33. The van der Waals surface area contributed by atoms with Crippen molar-refractivity contribution in [1.82, 2.24) is 0 Å². The minimum Gasteiger partial charge on any atom is -0.492 e. The van der Waals surface area contributed by atoms with Crippen molar-refractivity contribution in [2.75, 3.05) is 7.11 Å². The van der Waals surface area contributed by atoms with Crippen LogP contribution in [0.4, 0.5) is 0 Å². The van der Waals surface area contributed by atoms with Gasteiger partial charge in [-0.3, -0.25) is 0 Å². The molecular formula is C11H9ClO4. The first-order valence-corrected chi connectivity index (χ1v) is 4.67. The normalized spacial score (nSPS) is 8.94. The molecule has 1 rings (SSSR count). The van der Waals surface area contributed by atoms with E-state index in [0.29, 0.717) is 0 Å². The van der Waals surface area contributed by atoms with Gasteiger partial charge in [0.1, 0.15) is 11.7 Å². The number of hydrogen-bond acceptors (Lipinski definition) is 3. The fourth-order valence-electron chi connectivity index (χ4n) is 1.12. The molecule has 0 amide bonds. The molecule has 0 aliphatic carbocycles. The van der Waals surface area contributed by atoms with E-state index in [0.717, 1.165) is 0 Å². The molecule has 1 aromatic carbocycles. The molecule has 0 fully saturated rings. The Morgan fingerprint density at radius 3 is 2.69 bits per heavy atom. The average Bonchev–Trinajstić information content (AvgIpc) is 2.25. The van der Waals surface area contributed by atoms with Crippen molar-refractivity contribution in [3.8, 4) is 23.5 Å². The fraction of sp³-hybridized carbons (Fsp3) is 0.182. The number of rotatable bonds is 3. The Morgan fingerprint density at radius 1 is 1.50 bits per heavy atom. The summed E-state index contributed by atoms with van der Waals surface area (Å²) in [5.74, 6) is 1.65. The SMILES string of the molecule is CC#COc1cc(Cl)cc(C(=O)O)c1OC. The van der Waals surface area contributed by atoms with Gasteiger partial charge in [0.25, 0.3) is 0 Å². The van der Waals surface area contributed by atoms with Crippen LogP contribution in [0.3, 0.4) is 0 Å². The Labute approximate surface area is 97.7 Å². The van der Waals surface area contributed by atoms with Crippen molar-refractivity contribution in [1.29, 1.82) is 0 Å². The number of carboxylic acids is 1. The van der Waals surface area contributed by atoms with Gasteiger partial charge < -0.3 is 14.6 Å². The largest absolute Gasteiger partial charge is 0.492 e. The van der Waals surface area contributed by atoms with Gasteiger partial charge in [-0.15, -0.1) is 0 Å². The van der Waals surface area contributed by atoms with Crippen LogP contribution in [-0.4, -0.2) is 18.2 Å². The van der Waals surface area contributed by atoms with Gasteiger partial charge >= 0.3 is 5.97 Å². The first-order chi connectivity index (χ1) is 7.60. The third kappa shape index (κ3) is 2.59. The van der Waals surface area contributed by atoms with Gasteiger partial charge in [0.15, 0.2) is 11.5 Å². The van der Waals surface area contributed by atoms with E-state index in [1.165, 1.54) is 19.2 Å². The van der Waals surface area contributed by atoms with Gasteiger partial charge in [-0.1, -0.05) is 17.5 Å². The van der Waals surface area contributed by atoms with E-state index in [-0.39, 0.29) is 22.1 Å². The van der Waals surface area contributed by atoms with E-state index in [2.05, 4.69) is 12.0 Å². The third-order valence-electron chi connectivity index (χ3n) is 1.72. The van der Waals surface area contributed by atoms with Crippen molar-refractivity contribution in [2.45, 2.75) is 6.92 Å². The second-order valence-electron chi connectivity index (χ2n) is 2.74. The number of halogens is 1. The van der Waals surface area contributed by atoms with Crippen LogP contribution >= 0.6 is 11.6 Å². The number of ether oxygens (including phenoxy) is 2. The van der Waals surface area contributed by atoms with E-state index < -0.39 is 5.97 Å². The number of aromatic carboxylic acids is 1. The first-order valence-electron chi connectivity index (χ1n) is 4.29. The van der Waals surface area contributed by atoms with Gasteiger partial charge in [-0.2, -0.15) is 0 Å². The molecule has 0 spiro atoms. The summed E-state index contributed by atoms with van der Waals surface area (Å²) in [7, 11) is 1.35. The quantitative estimate of drug-likeness (QED) is 0.825. The summed E-state index contributed by atoms with van der Waals surface area (Å²) in [4.78, 5) is 10.9. The van der Waals surface area contributed by atoms with Crippen LogP contribution in [0.2, 0.25) is 5.02 Å².